The molecule has 0 amide bonds. The van der Waals surface area contributed by atoms with E-state index in [4.69, 9.17) is 0 Å². The molecule has 0 aliphatic heterocycles. The molecule has 2 nitrogen and oxygen atoms in total. The molecular weight excluding hydrogens is 749 g/mol. The average molecular weight is 787 g/mol. The molecule has 1 heterocycles. The largest absolute Gasteiger partial charge is 0.310 e. The molecule has 0 N–H and O–H groups in total. The average Bonchev–Trinajstić information content (AvgIpc) is 3.85. The molecule has 11 aromatic carbocycles. The standard InChI is InChI=1S/C60H38N2/c1-2-21-50-39(13-1)29-30-43-33-42(31-32-51(43)50)40-14-9-17-46(35-40)61(48-19-12-20-49(38-48)62-58-27-7-5-24-54(58)55-25-6-8-28-59(55)62)47-18-10-15-41(36-47)45-34-44-16-11-26-56-52-22-3-4-23-53(52)57(37-45)60(44)56/h1-38H. The summed E-state index contributed by atoms with van der Waals surface area (Å²) in [5.41, 5.74) is 16.8. The summed E-state index contributed by atoms with van der Waals surface area (Å²) in [5.74, 6) is 0. The number of nitrogens with zero attached hydrogens (tertiary/aromatic N) is 2. The minimum Gasteiger partial charge on any atom is -0.310 e. The molecule has 0 saturated heterocycles. The Kier molecular flexibility index (Phi) is 7.64. The van der Waals surface area contributed by atoms with Gasteiger partial charge in [-0.1, -0.05) is 158 Å². The van der Waals surface area contributed by atoms with Crippen LogP contribution in [0.15, 0.2) is 231 Å². The fraction of sp³-hybridized carbons (Fsp3) is 0. The van der Waals surface area contributed by atoms with Crippen LogP contribution in [-0.2, 0) is 0 Å². The third-order valence-electron chi connectivity index (χ3n) is 13.0. The monoisotopic (exact) mass is 786 g/mol. The van der Waals surface area contributed by atoms with Crippen molar-refractivity contribution in [1.82, 2.24) is 4.57 Å². The maximum Gasteiger partial charge on any atom is 0.0541 e. The minimum absolute atomic E-state index is 1.08. The lowest BCUT2D eigenvalue weighted by Gasteiger charge is -2.27. The highest BCUT2D eigenvalue weighted by molar-refractivity contribution is 6.16. The number of benzene rings is 11. The van der Waals surface area contributed by atoms with Crippen LogP contribution in [0.1, 0.15) is 0 Å². The van der Waals surface area contributed by atoms with Crippen molar-refractivity contribution in [3.05, 3.63) is 231 Å². The highest BCUT2D eigenvalue weighted by Crippen LogP contribution is 2.49. The van der Waals surface area contributed by atoms with Gasteiger partial charge < -0.3 is 9.47 Å². The van der Waals surface area contributed by atoms with E-state index in [9.17, 15) is 0 Å². The highest BCUT2D eigenvalue weighted by Gasteiger charge is 2.23. The first-order valence-electron chi connectivity index (χ1n) is 21.4. The molecule has 0 bridgehead atoms. The van der Waals surface area contributed by atoms with Gasteiger partial charge in [-0.2, -0.15) is 0 Å². The summed E-state index contributed by atoms with van der Waals surface area (Å²) in [6.45, 7) is 0. The van der Waals surface area contributed by atoms with Crippen LogP contribution < -0.4 is 4.90 Å². The molecule has 0 saturated carbocycles. The van der Waals surface area contributed by atoms with Crippen molar-refractivity contribution in [2.45, 2.75) is 0 Å². The Balaban J connectivity index is 0.988. The quantitative estimate of drug-likeness (QED) is 0.152. The van der Waals surface area contributed by atoms with E-state index in [0.717, 1.165) is 22.7 Å². The third-order valence-corrected chi connectivity index (χ3v) is 13.0. The van der Waals surface area contributed by atoms with Gasteiger partial charge in [-0.15, -0.1) is 0 Å². The lowest BCUT2D eigenvalue weighted by Crippen LogP contribution is -2.11. The molecule has 1 aliphatic rings. The van der Waals surface area contributed by atoms with E-state index in [0.29, 0.717) is 0 Å². The number of fused-ring (bicyclic) bond motifs is 9. The summed E-state index contributed by atoms with van der Waals surface area (Å²) in [7, 11) is 0. The number of aromatic nitrogens is 1. The van der Waals surface area contributed by atoms with Gasteiger partial charge in [-0.25, -0.2) is 0 Å². The van der Waals surface area contributed by atoms with Gasteiger partial charge in [-0.3, -0.25) is 0 Å². The Hall–Kier alpha value is -8.20. The molecule has 0 atom stereocenters. The van der Waals surface area contributed by atoms with Crippen LogP contribution in [0.3, 0.4) is 0 Å². The van der Waals surface area contributed by atoms with Crippen molar-refractivity contribution < 1.29 is 0 Å². The maximum atomic E-state index is 2.42. The zero-order chi connectivity index (χ0) is 40.7. The van der Waals surface area contributed by atoms with E-state index in [1.54, 1.807) is 0 Å². The second-order valence-electron chi connectivity index (χ2n) is 16.5. The Labute approximate surface area is 359 Å². The fourth-order valence-corrected chi connectivity index (χ4v) is 10.2. The smallest absolute Gasteiger partial charge is 0.0541 e. The molecule has 13 rings (SSSR count). The molecule has 2 heteroatoms. The maximum absolute atomic E-state index is 2.42. The predicted octanol–water partition coefficient (Wildman–Crippen LogP) is 16.7. The van der Waals surface area contributed by atoms with E-state index in [1.165, 1.54) is 98.6 Å². The first-order chi connectivity index (χ1) is 30.7. The lowest BCUT2D eigenvalue weighted by molar-refractivity contribution is 1.17. The predicted molar refractivity (Wildman–Crippen MR) is 263 cm³/mol. The normalized spacial score (nSPS) is 11.9. The van der Waals surface area contributed by atoms with Crippen LogP contribution in [-0.4, -0.2) is 4.57 Å². The summed E-state index contributed by atoms with van der Waals surface area (Å²) in [6.07, 6.45) is 0. The number of hydrogen-bond acceptors (Lipinski definition) is 1. The fourth-order valence-electron chi connectivity index (χ4n) is 10.2. The zero-order valence-electron chi connectivity index (χ0n) is 33.8. The molecular formula is C60H38N2. The first-order valence-corrected chi connectivity index (χ1v) is 21.4. The molecule has 0 radical (unpaired) electrons. The minimum atomic E-state index is 1.08. The molecule has 0 spiro atoms. The Bertz CT molecular complexity index is 3720. The Morgan fingerprint density at radius 3 is 1.55 bits per heavy atom. The summed E-state index contributed by atoms with van der Waals surface area (Å²) in [5, 5.41) is 10.2. The van der Waals surface area contributed by atoms with Crippen LogP contribution in [0.25, 0.3) is 104 Å². The third kappa shape index (κ3) is 5.37. The van der Waals surface area contributed by atoms with Gasteiger partial charge in [0.1, 0.15) is 0 Å². The SMILES string of the molecule is c1cc(-c2cc3c4c(cccc4c2)-c2ccccc2-3)cc(N(c2cccc(-c3ccc4c(ccc5ccccc54)c3)c2)c2cccc(-n3c4ccccc4c4ccccc43)c2)c1. The van der Waals surface area contributed by atoms with Crippen molar-refractivity contribution in [1.29, 1.82) is 0 Å². The summed E-state index contributed by atoms with van der Waals surface area (Å²) >= 11 is 0. The highest BCUT2D eigenvalue weighted by atomic mass is 15.1. The Morgan fingerprint density at radius 1 is 0.274 bits per heavy atom. The van der Waals surface area contributed by atoms with Gasteiger partial charge in [0.05, 0.1) is 11.0 Å². The van der Waals surface area contributed by atoms with E-state index in [2.05, 4.69) is 240 Å². The van der Waals surface area contributed by atoms with Crippen molar-refractivity contribution >= 4 is 71.2 Å². The van der Waals surface area contributed by atoms with Crippen LogP contribution in [0, 0.1) is 0 Å². The van der Waals surface area contributed by atoms with Crippen molar-refractivity contribution in [3.8, 4) is 50.2 Å². The summed E-state index contributed by atoms with van der Waals surface area (Å²) < 4.78 is 2.40. The van der Waals surface area contributed by atoms with Gasteiger partial charge in [0, 0.05) is 33.5 Å². The van der Waals surface area contributed by atoms with Gasteiger partial charge in [0.15, 0.2) is 0 Å². The molecule has 62 heavy (non-hydrogen) atoms. The van der Waals surface area contributed by atoms with E-state index >= 15 is 0 Å². The number of anilines is 3. The van der Waals surface area contributed by atoms with Gasteiger partial charge >= 0.3 is 0 Å². The van der Waals surface area contributed by atoms with Crippen LogP contribution in [0.4, 0.5) is 17.1 Å². The topological polar surface area (TPSA) is 8.17 Å². The molecule has 0 fully saturated rings. The van der Waals surface area contributed by atoms with Gasteiger partial charge in [0.25, 0.3) is 0 Å². The second-order valence-corrected chi connectivity index (χ2v) is 16.5. The molecule has 1 aliphatic carbocycles. The van der Waals surface area contributed by atoms with E-state index < -0.39 is 0 Å². The lowest BCUT2D eigenvalue weighted by atomic mass is 9.95. The van der Waals surface area contributed by atoms with Crippen molar-refractivity contribution in [2.75, 3.05) is 4.90 Å². The number of rotatable bonds is 6. The molecule has 1 aromatic heterocycles. The van der Waals surface area contributed by atoms with E-state index in [-0.39, 0.29) is 0 Å². The second kappa shape index (κ2) is 13.7. The summed E-state index contributed by atoms with van der Waals surface area (Å²) in [6, 6.07) is 84.9. The first kappa shape index (κ1) is 34.6. The van der Waals surface area contributed by atoms with Gasteiger partial charge in [-0.05, 0) is 150 Å². The number of para-hydroxylation sites is 2. The Morgan fingerprint density at radius 2 is 0.790 bits per heavy atom. The molecule has 288 valence electrons. The van der Waals surface area contributed by atoms with Crippen LogP contribution >= 0.6 is 0 Å². The van der Waals surface area contributed by atoms with Crippen molar-refractivity contribution in [3.63, 3.8) is 0 Å². The van der Waals surface area contributed by atoms with Crippen molar-refractivity contribution in [2.24, 2.45) is 0 Å². The van der Waals surface area contributed by atoms with Crippen LogP contribution in [0.5, 0.6) is 0 Å². The molecule has 12 aromatic rings. The zero-order valence-corrected chi connectivity index (χ0v) is 33.8. The number of hydrogen-bond donors (Lipinski definition) is 0. The van der Waals surface area contributed by atoms with E-state index in [1.807, 2.05) is 0 Å². The molecule has 0 unspecified atom stereocenters. The van der Waals surface area contributed by atoms with Crippen LogP contribution in [0.2, 0.25) is 0 Å². The summed E-state index contributed by atoms with van der Waals surface area (Å²) in [4.78, 5) is 2.42. The van der Waals surface area contributed by atoms with Gasteiger partial charge in [0.2, 0.25) is 0 Å².